The molecule has 0 bridgehead atoms. The molecular weight excluding hydrogens is 913 g/mol. The Kier molecular flexibility index (Phi) is 60.7. The molecule has 0 aliphatic rings. The zero-order chi connectivity index (χ0) is 53.6. The maximum absolute atomic E-state index is 12.9. The molecule has 0 heterocycles. The normalized spacial score (nSPS) is 12.3. The summed E-state index contributed by atoms with van der Waals surface area (Å²) >= 11 is 0. The average Bonchev–Trinajstić information content (AvgIpc) is 3.40. The van der Waals surface area contributed by atoms with Gasteiger partial charge in [-0.25, -0.2) is 0 Å². The molecule has 0 radical (unpaired) electrons. The van der Waals surface area contributed by atoms with Gasteiger partial charge < -0.3 is 14.2 Å². The number of unbranched alkanes of at least 4 members (excludes halogenated alkanes) is 41. The van der Waals surface area contributed by atoms with E-state index in [-0.39, 0.29) is 31.1 Å². The smallest absolute Gasteiger partial charge is 0.306 e. The molecule has 0 aromatic heterocycles. The van der Waals surface area contributed by atoms with Crippen molar-refractivity contribution in [2.24, 2.45) is 0 Å². The van der Waals surface area contributed by atoms with Crippen molar-refractivity contribution in [2.75, 3.05) is 13.2 Å². The van der Waals surface area contributed by atoms with E-state index in [0.29, 0.717) is 19.3 Å². The van der Waals surface area contributed by atoms with E-state index < -0.39 is 6.10 Å². The molecule has 432 valence electrons. The first-order chi connectivity index (χ1) is 36.5. The van der Waals surface area contributed by atoms with Crippen LogP contribution in [0.3, 0.4) is 0 Å². The molecule has 1 unspecified atom stereocenters. The highest BCUT2D eigenvalue weighted by Crippen LogP contribution is 2.17. The van der Waals surface area contributed by atoms with Crippen molar-refractivity contribution in [1.82, 2.24) is 0 Å². The number of hydrogen-bond acceptors (Lipinski definition) is 6. The zero-order valence-corrected chi connectivity index (χ0v) is 49.6. The third kappa shape index (κ3) is 60.2. The number of carbonyl (C=O) groups is 3. The molecular formula is C68H124O6. The lowest BCUT2D eigenvalue weighted by molar-refractivity contribution is -0.167. The number of hydrogen-bond donors (Lipinski definition) is 0. The van der Waals surface area contributed by atoms with Gasteiger partial charge in [0.15, 0.2) is 6.10 Å². The summed E-state index contributed by atoms with van der Waals surface area (Å²) < 4.78 is 17.0. The van der Waals surface area contributed by atoms with Crippen LogP contribution in [0.25, 0.3) is 0 Å². The van der Waals surface area contributed by atoms with Gasteiger partial charge in [0.2, 0.25) is 0 Å². The van der Waals surface area contributed by atoms with Crippen molar-refractivity contribution < 1.29 is 28.6 Å². The van der Waals surface area contributed by atoms with Crippen molar-refractivity contribution in [3.8, 4) is 0 Å². The Bertz CT molecular complexity index is 1280. The summed E-state index contributed by atoms with van der Waals surface area (Å²) in [6.45, 7) is 6.66. The molecule has 6 heteroatoms. The van der Waals surface area contributed by atoms with E-state index in [1.54, 1.807) is 0 Å². The van der Waals surface area contributed by atoms with Crippen molar-refractivity contribution in [3.63, 3.8) is 0 Å². The van der Waals surface area contributed by atoms with Gasteiger partial charge in [-0.1, -0.05) is 294 Å². The zero-order valence-electron chi connectivity index (χ0n) is 49.6. The van der Waals surface area contributed by atoms with Crippen LogP contribution in [0.4, 0.5) is 0 Å². The third-order valence-electron chi connectivity index (χ3n) is 14.6. The van der Waals surface area contributed by atoms with Crippen LogP contribution >= 0.6 is 0 Å². The maximum Gasteiger partial charge on any atom is 0.306 e. The summed E-state index contributed by atoms with van der Waals surface area (Å²) in [5.74, 6) is -0.870. The molecule has 0 spiro atoms. The van der Waals surface area contributed by atoms with Gasteiger partial charge in [-0.3, -0.25) is 14.4 Å². The van der Waals surface area contributed by atoms with Crippen LogP contribution in [0, 0.1) is 0 Å². The Morgan fingerprint density at radius 3 is 0.797 bits per heavy atom. The van der Waals surface area contributed by atoms with Crippen molar-refractivity contribution in [1.29, 1.82) is 0 Å². The second-order valence-corrected chi connectivity index (χ2v) is 22.0. The summed E-state index contributed by atoms with van der Waals surface area (Å²) in [5.41, 5.74) is 0. The van der Waals surface area contributed by atoms with Crippen molar-refractivity contribution in [3.05, 3.63) is 48.6 Å². The van der Waals surface area contributed by atoms with Crippen LogP contribution in [0.5, 0.6) is 0 Å². The highest BCUT2D eigenvalue weighted by molar-refractivity contribution is 5.71. The average molecular weight is 1040 g/mol. The number of rotatable bonds is 60. The van der Waals surface area contributed by atoms with E-state index in [2.05, 4.69) is 69.4 Å². The molecule has 0 amide bonds. The molecule has 0 saturated heterocycles. The van der Waals surface area contributed by atoms with Gasteiger partial charge >= 0.3 is 17.9 Å². The number of carbonyl (C=O) groups excluding carboxylic acids is 3. The molecule has 74 heavy (non-hydrogen) atoms. The van der Waals surface area contributed by atoms with E-state index in [4.69, 9.17) is 14.2 Å². The Labute approximate surface area is 460 Å². The third-order valence-corrected chi connectivity index (χ3v) is 14.6. The minimum absolute atomic E-state index is 0.0761. The van der Waals surface area contributed by atoms with Crippen molar-refractivity contribution >= 4 is 17.9 Å². The second-order valence-electron chi connectivity index (χ2n) is 22.0. The first kappa shape index (κ1) is 71.4. The fraction of sp³-hybridized carbons (Fsp3) is 0.838. The van der Waals surface area contributed by atoms with Crippen LogP contribution in [0.1, 0.15) is 348 Å². The van der Waals surface area contributed by atoms with Gasteiger partial charge in [-0.15, -0.1) is 0 Å². The predicted molar refractivity (Wildman–Crippen MR) is 321 cm³/mol. The summed E-state index contributed by atoms with van der Waals surface area (Å²) in [4.78, 5) is 38.4. The quantitative estimate of drug-likeness (QED) is 0.0261. The first-order valence-corrected chi connectivity index (χ1v) is 32.6. The van der Waals surface area contributed by atoms with Crippen LogP contribution in [-0.2, 0) is 28.6 Å². The van der Waals surface area contributed by atoms with E-state index in [9.17, 15) is 14.4 Å². The highest BCUT2D eigenvalue weighted by Gasteiger charge is 2.19. The molecule has 0 aliphatic carbocycles. The fourth-order valence-corrected chi connectivity index (χ4v) is 9.62. The van der Waals surface area contributed by atoms with Crippen LogP contribution in [0.2, 0.25) is 0 Å². The fourth-order valence-electron chi connectivity index (χ4n) is 9.62. The van der Waals surface area contributed by atoms with E-state index in [1.807, 2.05) is 0 Å². The van der Waals surface area contributed by atoms with Crippen LogP contribution in [-0.4, -0.2) is 37.2 Å². The van der Waals surface area contributed by atoms with Gasteiger partial charge in [0.25, 0.3) is 0 Å². The standard InChI is InChI=1S/C68H124O6/c1-4-7-10-13-16-19-22-25-28-31-34-37-40-43-46-49-52-55-58-61-67(70)73-64-65(63-72-66(69)60-57-54-51-48-45-42-39-36-33-30-27-24-21-18-15-12-9-6-3)74-68(71)62-59-56-53-50-47-44-41-38-35-32-29-26-23-20-17-14-11-8-5-2/h16,19,25,28,30,33-34,37,65H,4-15,17-18,20-24,26-27,29,31-32,35-36,38-64H2,1-3H3/b19-16-,28-25-,33-30-,37-34-. The van der Waals surface area contributed by atoms with E-state index >= 15 is 0 Å². The lowest BCUT2D eigenvalue weighted by Crippen LogP contribution is -2.30. The molecule has 0 rings (SSSR count). The first-order valence-electron chi connectivity index (χ1n) is 32.6. The minimum Gasteiger partial charge on any atom is -0.462 e. The lowest BCUT2D eigenvalue weighted by atomic mass is 10.0. The molecule has 0 saturated carbocycles. The summed E-state index contributed by atoms with van der Waals surface area (Å²) in [5, 5.41) is 0. The molecule has 0 aromatic rings. The molecule has 0 aromatic carbocycles. The predicted octanol–water partition coefficient (Wildman–Crippen LogP) is 22.2. The molecule has 6 nitrogen and oxygen atoms in total. The van der Waals surface area contributed by atoms with Gasteiger partial charge in [-0.2, -0.15) is 0 Å². The SMILES string of the molecule is CCCCC/C=C\C/C=C\C/C=C\CCCCCCCCC(=O)OCC(COC(=O)CCCCCCCCC/C=C\CCCCCCCCC)OC(=O)CCCCCCCCCCCCCCCCCCCCC. The second kappa shape index (κ2) is 62.9. The van der Waals surface area contributed by atoms with Gasteiger partial charge in [0.05, 0.1) is 0 Å². The lowest BCUT2D eigenvalue weighted by Gasteiger charge is -2.18. The minimum atomic E-state index is -0.779. The van der Waals surface area contributed by atoms with Gasteiger partial charge in [0.1, 0.15) is 13.2 Å². The van der Waals surface area contributed by atoms with Crippen molar-refractivity contribution in [2.45, 2.75) is 354 Å². The summed E-state index contributed by atoms with van der Waals surface area (Å²) in [6, 6.07) is 0. The molecule has 0 aliphatic heterocycles. The Hall–Kier alpha value is -2.63. The monoisotopic (exact) mass is 1040 g/mol. The topological polar surface area (TPSA) is 78.9 Å². The van der Waals surface area contributed by atoms with E-state index in [1.165, 1.54) is 231 Å². The molecule has 0 fully saturated rings. The molecule has 1 atom stereocenters. The van der Waals surface area contributed by atoms with Crippen LogP contribution in [0.15, 0.2) is 48.6 Å². The Morgan fingerprint density at radius 2 is 0.486 bits per heavy atom. The number of allylic oxidation sites excluding steroid dienone is 8. The highest BCUT2D eigenvalue weighted by atomic mass is 16.6. The number of ether oxygens (including phenoxy) is 3. The largest absolute Gasteiger partial charge is 0.462 e. The number of esters is 3. The summed E-state index contributed by atoms with van der Waals surface area (Å²) in [7, 11) is 0. The van der Waals surface area contributed by atoms with Gasteiger partial charge in [-0.05, 0) is 83.5 Å². The maximum atomic E-state index is 12.9. The van der Waals surface area contributed by atoms with Crippen LogP contribution < -0.4 is 0 Å². The summed E-state index contributed by atoms with van der Waals surface area (Å²) in [6.07, 6.45) is 78.2. The Balaban J connectivity index is 4.37. The van der Waals surface area contributed by atoms with Gasteiger partial charge in [0, 0.05) is 19.3 Å². The van der Waals surface area contributed by atoms with E-state index in [0.717, 1.165) is 77.0 Å². The Morgan fingerprint density at radius 1 is 0.270 bits per heavy atom. The molecule has 0 N–H and O–H groups in total.